The standard InChI is InChI=1S/C32H58O3/c1-3-5-7-9-11-13-15-17-19-21-23-25-27-29-31(33)35-32(34)30-28-26-24-22-20-18-16-14-12-10-8-6-4-2/h17-20H,3-16,21-30H2,1-2H3/b19-17-,20-18-. The van der Waals surface area contributed by atoms with Crippen molar-refractivity contribution in [2.75, 3.05) is 0 Å². The SMILES string of the molecule is CCCCCCCC/C=C\CCCCCC(=O)OC(=O)CCCCC/C=C\CCCCCCCC. The zero-order valence-electron chi connectivity index (χ0n) is 23.5. The third-order valence-electron chi connectivity index (χ3n) is 6.51. The maximum Gasteiger partial charge on any atom is 0.313 e. The molecule has 3 nitrogen and oxygen atoms in total. The fraction of sp³-hybridized carbons (Fsp3) is 0.812. The Kier molecular flexibility index (Phi) is 27.7. The van der Waals surface area contributed by atoms with Gasteiger partial charge >= 0.3 is 11.9 Å². The number of hydrogen-bond donors (Lipinski definition) is 0. The van der Waals surface area contributed by atoms with Crippen LogP contribution in [-0.2, 0) is 14.3 Å². The van der Waals surface area contributed by atoms with Gasteiger partial charge in [-0.3, -0.25) is 9.59 Å². The summed E-state index contributed by atoms with van der Waals surface area (Å²) in [4.78, 5) is 23.6. The highest BCUT2D eigenvalue weighted by atomic mass is 16.6. The zero-order valence-corrected chi connectivity index (χ0v) is 23.5. The minimum Gasteiger partial charge on any atom is -0.393 e. The summed E-state index contributed by atoms with van der Waals surface area (Å²) >= 11 is 0. The first-order valence-corrected chi connectivity index (χ1v) is 15.2. The molecule has 0 atom stereocenters. The lowest BCUT2D eigenvalue weighted by molar-refractivity contribution is -0.159. The number of carbonyl (C=O) groups excluding carboxylic acids is 2. The summed E-state index contributed by atoms with van der Waals surface area (Å²) in [5, 5.41) is 0. The molecule has 0 bridgehead atoms. The Labute approximate surface area is 218 Å². The molecule has 0 aromatic heterocycles. The van der Waals surface area contributed by atoms with Crippen LogP contribution in [0.2, 0.25) is 0 Å². The predicted molar refractivity (Wildman–Crippen MR) is 152 cm³/mol. The van der Waals surface area contributed by atoms with Crippen molar-refractivity contribution in [2.45, 2.75) is 168 Å². The van der Waals surface area contributed by atoms with E-state index in [1.807, 2.05) is 0 Å². The van der Waals surface area contributed by atoms with Crippen molar-refractivity contribution in [1.29, 1.82) is 0 Å². The van der Waals surface area contributed by atoms with Crippen LogP contribution in [0, 0.1) is 0 Å². The average Bonchev–Trinajstić information content (AvgIpc) is 2.85. The highest BCUT2D eigenvalue weighted by Gasteiger charge is 2.09. The van der Waals surface area contributed by atoms with Crippen molar-refractivity contribution in [3.63, 3.8) is 0 Å². The molecule has 0 aliphatic heterocycles. The minimum atomic E-state index is -0.355. The van der Waals surface area contributed by atoms with Crippen molar-refractivity contribution in [1.82, 2.24) is 0 Å². The first-order valence-electron chi connectivity index (χ1n) is 15.2. The van der Waals surface area contributed by atoms with Crippen LogP contribution in [0.4, 0.5) is 0 Å². The Balaban J connectivity index is 3.41. The molecule has 0 fully saturated rings. The van der Waals surface area contributed by atoms with Crippen molar-refractivity contribution in [3.8, 4) is 0 Å². The lowest BCUT2D eigenvalue weighted by Crippen LogP contribution is -2.11. The van der Waals surface area contributed by atoms with Crippen LogP contribution in [-0.4, -0.2) is 11.9 Å². The van der Waals surface area contributed by atoms with Gasteiger partial charge in [0.05, 0.1) is 0 Å². The van der Waals surface area contributed by atoms with Crippen molar-refractivity contribution in [2.24, 2.45) is 0 Å². The maximum absolute atomic E-state index is 11.8. The van der Waals surface area contributed by atoms with E-state index in [0.717, 1.165) is 51.4 Å². The van der Waals surface area contributed by atoms with Crippen molar-refractivity contribution >= 4 is 11.9 Å². The Morgan fingerprint density at radius 2 is 0.714 bits per heavy atom. The molecule has 204 valence electrons. The lowest BCUT2D eigenvalue weighted by Gasteiger charge is -2.03. The van der Waals surface area contributed by atoms with E-state index in [-0.39, 0.29) is 11.9 Å². The zero-order chi connectivity index (χ0) is 25.7. The number of unbranched alkanes of at least 4 members (excludes halogenated alkanes) is 18. The van der Waals surface area contributed by atoms with Gasteiger partial charge in [-0.15, -0.1) is 0 Å². The number of hydrogen-bond acceptors (Lipinski definition) is 3. The van der Waals surface area contributed by atoms with Crippen molar-refractivity contribution in [3.05, 3.63) is 24.3 Å². The second-order valence-electron chi connectivity index (χ2n) is 10.1. The monoisotopic (exact) mass is 490 g/mol. The predicted octanol–water partition coefficient (Wildman–Crippen LogP) is 10.6. The van der Waals surface area contributed by atoms with Crippen LogP contribution < -0.4 is 0 Å². The van der Waals surface area contributed by atoms with Crippen molar-refractivity contribution < 1.29 is 14.3 Å². The smallest absolute Gasteiger partial charge is 0.313 e. The Morgan fingerprint density at radius 1 is 0.429 bits per heavy atom. The van der Waals surface area contributed by atoms with E-state index in [1.165, 1.54) is 89.9 Å². The Morgan fingerprint density at radius 3 is 1.06 bits per heavy atom. The van der Waals surface area contributed by atoms with E-state index in [9.17, 15) is 9.59 Å². The van der Waals surface area contributed by atoms with E-state index >= 15 is 0 Å². The summed E-state index contributed by atoms with van der Waals surface area (Å²) in [6.45, 7) is 4.51. The van der Waals surface area contributed by atoms with Gasteiger partial charge in [0, 0.05) is 12.8 Å². The molecule has 0 rings (SSSR count). The van der Waals surface area contributed by atoms with Crippen LogP contribution in [0.25, 0.3) is 0 Å². The maximum atomic E-state index is 11.8. The van der Waals surface area contributed by atoms with Crippen LogP contribution in [0.15, 0.2) is 24.3 Å². The second kappa shape index (κ2) is 28.9. The first-order chi connectivity index (χ1) is 17.2. The molecular formula is C32H58O3. The molecule has 0 N–H and O–H groups in total. The molecule has 0 spiro atoms. The Hall–Kier alpha value is -1.38. The number of carbonyl (C=O) groups is 2. The summed E-state index contributed by atoms with van der Waals surface area (Å²) in [7, 11) is 0. The summed E-state index contributed by atoms with van der Waals surface area (Å²) in [6.07, 6.45) is 36.4. The third-order valence-corrected chi connectivity index (χ3v) is 6.51. The van der Waals surface area contributed by atoms with Crippen LogP contribution in [0.1, 0.15) is 168 Å². The van der Waals surface area contributed by atoms with E-state index in [0.29, 0.717) is 12.8 Å². The molecule has 0 heterocycles. The molecule has 35 heavy (non-hydrogen) atoms. The fourth-order valence-corrected chi connectivity index (χ4v) is 4.20. The van der Waals surface area contributed by atoms with E-state index < -0.39 is 0 Å². The normalized spacial score (nSPS) is 11.6. The quantitative estimate of drug-likeness (QED) is 0.0524. The average molecular weight is 491 g/mol. The second-order valence-corrected chi connectivity index (χ2v) is 10.1. The van der Waals surface area contributed by atoms with Gasteiger partial charge in [0.1, 0.15) is 0 Å². The molecular weight excluding hydrogens is 432 g/mol. The molecule has 0 unspecified atom stereocenters. The van der Waals surface area contributed by atoms with Gasteiger partial charge in [0.2, 0.25) is 0 Å². The van der Waals surface area contributed by atoms with E-state index in [2.05, 4.69) is 38.2 Å². The molecule has 0 radical (unpaired) electrons. The van der Waals surface area contributed by atoms with Gasteiger partial charge in [-0.1, -0.05) is 115 Å². The molecule has 0 saturated heterocycles. The van der Waals surface area contributed by atoms with Gasteiger partial charge < -0.3 is 4.74 Å². The van der Waals surface area contributed by atoms with Gasteiger partial charge in [-0.25, -0.2) is 0 Å². The minimum absolute atomic E-state index is 0.355. The summed E-state index contributed by atoms with van der Waals surface area (Å²) in [5.41, 5.74) is 0. The number of rotatable bonds is 26. The molecule has 0 aromatic carbocycles. The van der Waals surface area contributed by atoms with Gasteiger partial charge in [0.15, 0.2) is 0 Å². The van der Waals surface area contributed by atoms with E-state index in [1.54, 1.807) is 0 Å². The summed E-state index contributed by atoms with van der Waals surface area (Å²) in [5.74, 6) is -0.711. The van der Waals surface area contributed by atoms with Crippen LogP contribution >= 0.6 is 0 Å². The summed E-state index contributed by atoms with van der Waals surface area (Å²) in [6, 6.07) is 0. The Bertz CT molecular complexity index is 475. The number of esters is 2. The first kappa shape index (κ1) is 33.6. The van der Waals surface area contributed by atoms with Gasteiger partial charge in [0.25, 0.3) is 0 Å². The molecule has 3 heteroatoms. The topological polar surface area (TPSA) is 43.4 Å². The lowest BCUT2D eigenvalue weighted by atomic mass is 10.1. The molecule has 0 aliphatic rings. The fourth-order valence-electron chi connectivity index (χ4n) is 4.20. The van der Waals surface area contributed by atoms with Gasteiger partial charge in [-0.2, -0.15) is 0 Å². The highest BCUT2D eigenvalue weighted by Crippen LogP contribution is 2.11. The summed E-state index contributed by atoms with van der Waals surface area (Å²) < 4.78 is 4.96. The van der Waals surface area contributed by atoms with Crippen LogP contribution in [0.5, 0.6) is 0 Å². The number of allylic oxidation sites excluding steroid dienone is 4. The molecule has 0 saturated carbocycles. The number of ether oxygens (including phenoxy) is 1. The highest BCUT2D eigenvalue weighted by molar-refractivity contribution is 5.85. The third kappa shape index (κ3) is 28.7. The molecule has 0 amide bonds. The van der Waals surface area contributed by atoms with E-state index in [4.69, 9.17) is 4.74 Å². The van der Waals surface area contributed by atoms with Gasteiger partial charge in [-0.05, 0) is 64.2 Å². The molecule has 0 aliphatic carbocycles. The largest absolute Gasteiger partial charge is 0.393 e. The van der Waals surface area contributed by atoms with Crippen LogP contribution in [0.3, 0.4) is 0 Å². The molecule has 0 aromatic rings.